The minimum absolute atomic E-state index is 0.0454. The fourth-order valence-electron chi connectivity index (χ4n) is 2.10. The second-order valence-electron chi connectivity index (χ2n) is 4.67. The fraction of sp³-hybridized carbons (Fsp3) is 0.0625. The van der Waals surface area contributed by atoms with Gasteiger partial charge in [-0.25, -0.2) is 9.59 Å². The van der Waals surface area contributed by atoms with Gasteiger partial charge in [0.05, 0.1) is 4.70 Å². The molecule has 0 saturated carbocycles. The summed E-state index contributed by atoms with van der Waals surface area (Å²) in [5, 5.41) is 12.6. The lowest BCUT2D eigenvalue weighted by Crippen LogP contribution is -2.14. The highest BCUT2D eigenvalue weighted by Crippen LogP contribution is 2.35. The summed E-state index contributed by atoms with van der Waals surface area (Å²) in [5.41, 5.74) is 0.894. The molecule has 7 heteroatoms. The van der Waals surface area contributed by atoms with Gasteiger partial charge in [-0.1, -0.05) is 30.3 Å². The number of nitrogens with one attached hydrogen (secondary N) is 1. The summed E-state index contributed by atoms with van der Waals surface area (Å²) in [6.45, 7) is 0.113. The number of carbonyl (C=O) groups is 2. The van der Waals surface area contributed by atoms with E-state index in [1.165, 1.54) is 6.20 Å². The van der Waals surface area contributed by atoms with E-state index in [1.807, 2.05) is 30.3 Å². The number of amides is 1. The molecule has 2 N–H and O–H groups in total. The number of rotatable bonds is 4. The second-order valence-corrected chi connectivity index (χ2v) is 5.72. The van der Waals surface area contributed by atoms with Gasteiger partial charge in [-0.15, -0.1) is 11.3 Å². The molecule has 0 unspecified atom stereocenters. The van der Waals surface area contributed by atoms with Crippen LogP contribution in [0.25, 0.3) is 10.1 Å². The predicted molar refractivity (Wildman–Crippen MR) is 86.8 cm³/mol. The third kappa shape index (κ3) is 3.29. The van der Waals surface area contributed by atoms with Crippen LogP contribution in [0.3, 0.4) is 0 Å². The van der Waals surface area contributed by atoms with Gasteiger partial charge < -0.3 is 9.84 Å². The lowest BCUT2D eigenvalue weighted by molar-refractivity contribution is 0.0700. The van der Waals surface area contributed by atoms with Crippen LogP contribution in [0.15, 0.2) is 48.8 Å². The molecular formula is C16H12N2O4S. The zero-order valence-corrected chi connectivity index (χ0v) is 12.7. The standard InChI is InChI=1S/C16H12N2O4S/c19-15(20)13-11-6-7-17-8-12(11)23-14(13)18-16(21)22-9-10-4-2-1-3-5-10/h1-8H,9H2,(H,18,21)(H,19,20). The van der Waals surface area contributed by atoms with Crippen LogP contribution >= 0.6 is 11.3 Å². The fourth-order valence-corrected chi connectivity index (χ4v) is 3.15. The molecule has 23 heavy (non-hydrogen) atoms. The number of hydrogen-bond donors (Lipinski definition) is 2. The van der Waals surface area contributed by atoms with E-state index in [-0.39, 0.29) is 17.2 Å². The van der Waals surface area contributed by atoms with E-state index in [9.17, 15) is 14.7 Å². The SMILES string of the molecule is O=C(Nc1sc2cnccc2c1C(=O)O)OCc1ccccc1. The maximum absolute atomic E-state index is 11.9. The zero-order chi connectivity index (χ0) is 16.2. The largest absolute Gasteiger partial charge is 0.478 e. The number of nitrogens with zero attached hydrogens (tertiary/aromatic N) is 1. The monoisotopic (exact) mass is 328 g/mol. The van der Waals surface area contributed by atoms with E-state index in [2.05, 4.69) is 10.3 Å². The lowest BCUT2D eigenvalue weighted by atomic mass is 10.2. The number of pyridine rings is 1. The molecule has 0 fully saturated rings. The molecule has 6 nitrogen and oxygen atoms in total. The molecule has 0 radical (unpaired) electrons. The molecule has 0 bridgehead atoms. The van der Waals surface area contributed by atoms with Crippen molar-refractivity contribution in [3.05, 3.63) is 59.9 Å². The van der Waals surface area contributed by atoms with E-state index in [0.717, 1.165) is 16.9 Å². The molecule has 0 aliphatic rings. The third-order valence-corrected chi connectivity index (χ3v) is 4.19. The van der Waals surface area contributed by atoms with Crippen LogP contribution in [0.5, 0.6) is 0 Å². The average molecular weight is 328 g/mol. The van der Waals surface area contributed by atoms with Crippen LogP contribution in [0, 0.1) is 0 Å². The Labute approximate surface area is 135 Å². The topological polar surface area (TPSA) is 88.5 Å². The van der Waals surface area contributed by atoms with Crippen LogP contribution in [0.4, 0.5) is 9.80 Å². The van der Waals surface area contributed by atoms with Crippen LogP contribution in [-0.2, 0) is 11.3 Å². The number of benzene rings is 1. The highest BCUT2D eigenvalue weighted by molar-refractivity contribution is 7.23. The van der Waals surface area contributed by atoms with Crippen LogP contribution < -0.4 is 5.32 Å². The minimum Gasteiger partial charge on any atom is -0.478 e. The zero-order valence-electron chi connectivity index (χ0n) is 11.9. The second kappa shape index (κ2) is 6.45. The Bertz CT molecular complexity index is 861. The van der Waals surface area contributed by atoms with Gasteiger partial charge in [0.15, 0.2) is 0 Å². The first-order valence-electron chi connectivity index (χ1n) is 6.72. The maximum Gasteiger partial charge on any atom is 0.412 e. The number of hydrogen-bond acceptors (Lipinski definition) is 5. The van der Waals surface area contributed by atoms with Gasteiger partial charge in [0.2, 0.25) is 0 Å². The van der Waals surface area contributed by atoms with Crippen molar-refractivity contribution < 1.29 is 19.4 Å². The summed E-state index contributed by atoms with van der Waals surface area (Å²) in [4.78, 5) is 27.3. The number of carbonyl (C=O) groups excluding carboxylic acids is 1. The maximum atomic E-state index is 11.9. The number of carboxylic acids is 1. The van der Waals surface area contributed by atoms with Crippen molar-refractivity contribution in [2.75, 3.05) is 5.32 Å². The molecule has 116 valence electrons. The third-order valence-electron chi connectivity index (χ3n) is 3.14. The summed E-state index contributed by atoms with van der Waals surface area (Å²) >= 11 is 1.15. The van der Waals surface area contributed by atoms with Gasteiger partial charge in [-0.2, -0.15) is 0 Å². The van der Waals surface area contributed by atoms with Gasteiger partial charge in [0.25, 0.3) is 0 Å². The van der Waals surface area contributed by atoms with Gasteiger partial charge in [-0.05, 0) is 11.6 Å². The first-order chi connectivity index (χ1) is 11.1. The first-order valence-corrected chi connectivity index (χ1v) is 7.54. The molecule has 3 rings (SSSR count). The number of thiophene rings is 1. The van der Waals surface area contributed by atoms with Crippen molar-refractivity contribution in [3.8, 4) is 0 Å². The normalized spacial score (nSPS) is 10.4. The highest BCUT2D eigenvalue weighted by Gasteiger charge is 2.20. The van der Waals surface area contributed by atoms with Crippen LogP contribution in [0.2, 0.25) is 0 Å². The molecule has 0 aliphatic carbocycles. The predicted octanol–water partition coefficient (Wildman–Crippen LogP) is 3.74. The average Bonchev–Trinajstić information content (AvgIpc) is 2.91. The molecule has 1 amide bonds. The smallest absolute Gasteiger partial charge is 0.412 e. The number of anilines is 1. The summed E-state index contributed by atoms with van der Waals surface area (Å²) in [7, 11) is 0. The molecule has 0 atom stereocenters. The molecule has 2 heterocycles. The van der Waals surface area contributed by atoms with Gasteiger partial charge >= 0.3 is 12.1 Å². The Morgan fingerprint density at radius 1 is 1.22 bits per heavy atom. The van der Waals surface area contributed by atoms with E-state index in [4.69, 9.17) is 4.74 Å². The Kier molecular flexibility index (Phi) is 4.20. The molecule has 1 aromatic carbocycles. The van der Waals surface area contributed by atoms with Crippen molar-refractivity contribution in [1.29, 1.82) is 0 Å². The highest BCUT2D eigenvalue weighted by atomic mass is 32.1. The van der Waals surface area contributed by atoms with Crippen molar-refractivity contribution in [3.63, 3.8) is 0 Å². The van der Waals surface area contributed by atoms with Gasteiger partial charge in [-0.3, -0.25) is 10.3 Å². The lowest BCUT2D eigenvalue weighted by Gasteiger charge is -2.06. The van der Waals surface area contributed by atoms with Gasteiger partial charge in [0.1, 0.15) is 17.2 Å². The Balaban J connectivity index is 1.77. The molecular weight excluding hydrogens is 316 g/mol. The summed E-state index contributed by atoms with van der Waals surface area (Å²) in [5.74, 6) is -1.11. The quantitative estimate of drug-likeness (QED) is 0.761. The number of carboxylic acid groups (broad SMARTS) is 1. The van der Waals surface area contributed by atoms with E-state index >= 15 is 0 Å². The number of aromatic nitrogens is 1. The number of ether oxygens (including phenoxy) is 1. The van der Waals surface area contributed by atoms with Crippen molar-refractivity contribution in [2.24, 2.45) is 0 Å². The summed E-state index contributed by atoms with van der Waals surface area (Å²) < 4.78 is 5.79. The van der Waals surface area contributed by atoms with Crippen molar-refractivity contribution in [2.45, 2.75) is 6.61 Å². The molecule has 0 spiro atoms. The van der Waals surface area contributed by atoms with E-state index in [1.54, 1.807) is 12.3 Å². The molecule has 2 aromatic heterocycles. The Hall–Kier alpha value is -2.93. The number of fused-ring (bicyclic) bond motifs is 1. The van der Waals surface area contributed by atoms with Gasteiger partial charge in [0, 0.05) is 17.8 Å². The first kappa shape index (κ1) is 15.0. The van der Waals surface area contributed by atoms with Crippen LogP contribution in [0.1, 0.15) is 15.9 Å². The van der Waals surface area contributed by atoms with Crippen LogP contribution in [-0.4, -0.2) is 22.2 Å². The molecule has 0 aliphatic heterocycles. The minimum atomic E-state index is -1.11. The molecule has 0 saturated heterocycles. The molecule has 3 aromatic rings. The summed E-state index contributed by atoms with van der Waals surface area (Å²) in [6.07, 6.45) is 2.38. The number of aromatic carboxylic acids is 1. The Morgan fingerprint density at radius 3 is 2.74 bits per heavy atom. The summed E-state index contributed by atoms with van der Waals surface area (Å²) in [6, 6.07) is 10.8. The van der Waals surface area contributed by atoms with Crippen molar-refractivity contribution in [1.82, 2.24) is 4.98 Å². The Morgan fingerprint density at radius 2 is 2.00 bits per heavy atom. The van der Waals surface area contributed by atoms with E-state index in [0.29, 0.717) is 10.1 Å². The van der Waals surface area contributed by atoms with Crippen molar-refractivity contribution >= 4 is 38.5 Å². The van der Waals surface area contributed by atoms with E-state index < -0.39 is 12.1 Å².